The van der Waals surface area contributed by atoms with Gasteiger partial charge < -0.3 is 0 Å². The summed E-state index contributed by atoms with van der Waals surface area (Å²) in [7, 11) is -3.17. The Morgan fingerprint density at radius 3 is 2.56 bits per heavy atom. The third kappa shape index (κ3) is 3.20. The maximum Gasteiger partial charge on any atom is 0.178 e. The maximum atomic E-state index is 12.0. The van der Waals surface area contributed by atoms with E-state index in [1.807, 2.05) is 31.3 Å². The average molecular weight is 264 g/mol. The predicted octanol–water partition coefficient (Wildman–Crippen LogP) is 2.06. The summed E-state index contributed by atoms with van der Waals surface area (Å²) in [6.07, 6.45) is 4.09. The van der Waals surface area contributed by atoms with Crippen LogP contribution in [0.5, 0.6) is 0 Å². The van der Waals surface area contributed by atoms with E-state index < -0.39 is 9.84 Å². The number of sulfone groups is 1. The van der Waals surface area contributed by atoms with Gasteiger partial charge in [-0.25, -0.2) is 8.42 Å². The summed E-state index contributed by atoms with van der Waals surface area (Å²) in [4.78, 5) is 0.397. The minimum atomic E-state index is -3.17. The Bertz CT molecular complexity index is 586. The lowest BCUT2D eigenvalue weighted by Crippen LogP contribution is -2.10. The van der Waals surface area contributed by atoms with Crippen molar-refractivity contribution in [3.05, 3.63) is 48.3 Å². The Morgan fingerprint density at radius 2 is 1.94 bits per heavy atom. The van der Waals surface area contributed by atoms with Gasteiger partial charge in [0.2, 0.25) is 0 Å². The minimum Gasteiger partial charge on any atom is -0.273 e. The predicted molar refractivity (Wildman–Crippen MR) is 70.1 cm³/mol. The van der Waals surface area contributed by atoms with E-state index >= 15 is 0 Å². The molecule has 0 bridgehead atoms. The van der Waals surface area contributed by atoms with Gasteiger partial charge in [-0.2, -0.15) is 5.10 Å². The van der Waals surface area contributed by atoms with Gasteiger partial charge >= 0.3 is 0 Å². The van der Waals surface area contributed by atoms with Crippen molar-refractivity contribution < 1.29 is 8.42 Å². The molecule has 0 saturated carbocycles. The number of aryl methyl sites for hydroxylation is 2. The molecule has 0 aliphatic rings. The van der Waals surface area contributed by atoms with Gasteiger partial charge in [-0.3, -0.25) is 4.68 Å². The van der Waals surface area contributed by atoms with Crippen LogP contribution in [0.2, 0.25) is 0 Å². The van der Waals surface area contributed by atoms with Gasteiger partial charge in [0.15, 0.2) is 9.84 Å². The molecular formula is C13H16N2O2S. The number of hydrogen-bond donors (Lipinski definition) is 0. The summed E-state index contributed by atoms with van der Waals surface area (Å²) in [6, 6.07) is 8.80. The van der Waals surface area contributed by atoms with Crippen molar-refractivity contribution >= 4 is 9.84 Å². The van der Waals surface area contributed by atoms with Gasteiger partial charge in [-0.05, 0) is 31.5 Å². The number of aromatic nitrogens is 2. The first kappa shape index (κ1) is 12.8. The first-order valence-electron chi connectivity index (χ1n) is 5.85. The second-order valence-electron chi connectivity index (χ2n) is 4.25. The zero-order chi connectivity index (χ0) is 13.0. The molecule has 0 aliphatic heterocycles. The zero-order valence-electron chi connectivity index (χ0n) is 10.3. The Labute approximate surface area is 107 Å². The highest BCUT2D eigenvalue weighted by atomic mass is 32.2. The van der Waals surface area contributed by atoms with Crippen molar-refractivity contribution in [3.8, 4) is 0 Å². The van der Waals surface area contributed by atoms with E-state index in [1.165, 1.54) is 0 Å². The highest BCUT2D eigenvalue weighted by Gasteiger charge is 2.13. The Balaban J connectivity index is 1.97. The topological polar surface area (TPSA) is 52.0 Å². The molecule has 1 heterocycles. The quantitative estimate of drug-likeness (QED) is 0.830. The smallest absolute Gasteiger partial charge is 0.178 e. The molecular weight excluding hydrogens is 248 g/mol. The summed E-state index contributed by atoms with van der Waals surface area (Å²) in [6.45, 7) is 2.56. The lowest BCUT2D eigenvalue weighted by atomic mass is 10.2. The summed E-state index contributed by atoms with van der Waals surface area (Å²) in [5.41, 5.74) is 1.06. The third-order valence-corrected chi connectivity index (χ3v) is 4.56. The Morgan fingerprint density at radius 1 is 1.22 bits per heavy atom. The van der Waals surface area contributed by atoms with Gasteiger partial charge in [0, 0.05) is 18.9 Å². The van der Waals surface area contributed by atoms with Crippen LogP contribution in [0.15, 0.2) is 47.6 Å². The van der Waals surface area contributed by atoms with Crippen LogP contribution in [0.3, 0.4) is 0 Å². The van der Waals surface area contributed by atoms with E-state index in [2.05, 4.69) is 5.10 Å². The van der Waals surface area contributed by atoms with Crippen LogP contribution in [-0.4, -0.2) is 24.0 Å². The molecule has 5 heteroatoms. The highest BCUT2D eigenvalue weighted by molar-refractivity contribution is 7.91. The molecule has 0 spiro atoms. The maximum absolute atomic E-state index is 12.0. The van der Waals surface area contributed by atoms with Gasteiger partial charge in [0.05, 0.1) is 10.6 Å². The molecule has 0 unspecified atom stereocenters. The van der Waals surface area contributed by atoms with Crippen LogP contribution < -0.4 is 0 Å². The molecule has 1 aromatic heterocycles. The molecule has 0 atom stereocenters. The van der Waals surface area contributed by atoms with E-state index in [-0.39, 0.29) is 5.75 Å². The lowest BCUT2D eigenvalue weighted by Gasteiger charge is -2.05. The molecule has 0 aliphatic carbocycles. The van der Waals surface area contributed by atoms with Crippen LogP contribution >= 0.6 is 0 Å². The fraction of sp³-hybridized carbons (Fsp3) is 0.308. The monoisotopic (exact) mass is 264 g/mol. The van der Waals surface area contributed by atoms with Crippen molar-refractivity contribution in [1.29, 1.82) is 0 Å². The fourth-order valence-electron chi connectivity index (χ4n) is 1.71. The molecule has 4 nitrogen and oxygen atoms in total. The van der Waals surface area contributed by atoms with E-state index in [9.17, 15) is 8.42 Å². The van der Waals surface area contributed by atoms with Gasteiger partial charge in [0.25, 0.3) is 0 Å². The molecule has 0 N–H and O–H groups in total. The van der Waals surface area contributed by atoms with Crippen molar-refractivity contribution in [3.63, 3.8) is 0 Å². The zero-order valence-corrected chi connectivity index (χ0v) is 11.1. The third-order valence-electron chi connectivity index (χ3n) is 2.74. The van der Waals surface area contributed by atoms with Crippen LogP contribution in [0, 0.1) is 6.92 Å². The van der Waals surface area contributed by atoms with E-state index in [4.69, 9.17) is 0 Å². The molecule has 2 rings (SSSR count). The van der Waals surface area contributed by atoms with Gasteiger partial charge in [0.1, 0.15) is 0 Å². The van der Waals surface area contributed by atoms with Gasteiger partial charge in [-0.15, -0.1) is 0 Å². The first-order valence-corrected chi connectivity index (χ1v) is 7.50. The second-order valence-corrected chi connectivity index (χ2v) is 6.36. The number of benzene rings is 1. The van der Waals surface area contributed by atoms with Crippen LogP contribution in [0.1, 0.15) is 12.0 Å². The average Bonchev–Trinajstić information content (AvgIpc) is 2.82. The number of hydrogen-bond acceptors (Lipinski definition) is 3. The SMILES string of the molecule is Cc1ccc(S(=O)(=O)CCCn2cccn2)cc1. The molecule has 2 aromatic rings. The molecule has 0 fully saturated rings. The van der Waals surface area contributed by atoms with Crippen molar-refractivity contribution in [2.45, 2.75) is 24.8 Å². The van der Waals surface area contributed by atoms with E-state index in [0.717, 1.165) is 5.56 Å². The molecule has 96 valence electrons. The first-order chi connectivity index (χ1) is 8.58. The van der Waals surface area contributed by atoms with Crippen molar-refractivity contribution in [1.82, 2.24) is 9.78 Å². The minimum absolute atomic E-state index is 0.149. The highest BCUT2D eigenvalue weighted by Crippen LogP contribution is 2.13. The van der Waals surface area contributed by atoms with Crippen LogP contribution in [-0.2, 0) is 16.4 Å². The second kappa shape index (κ2) is 5.35. The van der Waals surface area contributed by atoms with Crippen molar-refractivity contribution in [2.75, 3.05) is 5.75 Å². The summed E-state index contributed by atoms with van der Waals surface area (Å²) >= 11 is 0. The fourth-order valence-corrected chi connectivity index (χ4v) is 3.01. The molecule has 0 radical (unpaired) electrons. The largest absolute Gasteiger partial charge is 0.273 e. The van der Waals surface area contributed by atoms with E-state index in [1.54, 1.807) is 23.0 Å². The van der Waals surface area contributed by atoms with Crippen LogP contribution in [0.25, 0.3) is 0 Å². The van der Waals surface area contributed by atoms with E-state index in [0.29, 0.717) is 17.9 Å². The summed E-state index contributed by atoms with van der Waals surface area (Å²) in [5, 5.41) is 4.04. The normalized spacial score (nSPS) is 11.6. The van der Waals surface area contributed by atoms with Crippen molar-refractivity contribution in [2.24, 2.45) is 0 Å². The molecule has 0 amide bonds. The summed E-state index contributed by atoms with van der Waals surface area (Å²) in [5.74, 6) is 0.149. The lowest BCUT2D eigenvalue weighted by molar-refractivity contribution is 0.572. The standard InChI is InChI=1S/C13H16N2O2S/c1-12-4-6-13(7-5-12)18(16,17)11-3-10-15-9-2-8-14-15/h2,4-9H,3,10-11H2,1H3. The number of rotatable bonds is 5. The van der Waals surface area contributed by atoms with Crippen LogP contribution in [0.4, 0.5) is 0 Å². The molecule has 18 heavy (non-hydrogen) atoms. The molecule has 1 aromatic carbocycles. The number of nitrogens with zero attached hydrogens (tertiary/aromatic N) is 2. The van der Waals surface area contributed by atoms with Gasteiger partial charge in [-0.1, -0.05) is 17.7 Å². The molecule has 0 saturated heterocycles. The Kier molecular flexibility index (Phi) is 3.81. The Hall–Kier alpha value is -1.62. The summed E-state index contributed by atoms with van der Waals surface area (Å²) < 4.78 is 25.8.